The summed E-state index contributed by atoms with van der Waals surface area (Å²) in [7, 11) is 0. The Morgan fingerprint density at radius 3 is 2.26 bits per heavy atom. The number of furan rings is 1. The first-order chi connectivity index (χ1) is 19.3. The van der Waals surface area contributed by atoms with Crippen LogP contribution in [0.3, 0.4) is 0 Å². The van der Waals surface area contributed by atoms with Gasteiger partial charge in [0, 0.05) is 32.8 Å². The smallest absolute Gasteiger partial charge is 0.137 e. The maximum Gasteiger partial charge on any atom is 0.137 e. The van der Waals surface area contributed by atoms with Gasteiger partial charge in [0.05, 0.1) is 21.3 Å². The largest absolute Gasteiger partial charge is 0.456 e. The molecule has 0 bridgehead atoms. The average Bonchev–Trinajstić information content (AvgIpc) is 3.67. The van der Waals surface area contributed by atoms with Crippen LogP contribution in [0.25, 0.3) is 81.0 Å². The lowest BCUT2D eigenvalue weighted by atomic mass is 10.1. The number of hydrogen-bond acceptors (Lipinski definition) is 3. The summed E-state index contributed by atoms with van der Waals surface area (Å²) in [5, 5.41) is 8.30. The van der Waals surface area contributed by atoms with Crippen LogP contribution in [-0.2, 0) is 0 Å². The quantitative estimate of drug-likeness (QED) is 0.229. The molecular formula is C35H20N2OS. The van der Waals surface area contributed by atoms with E-state index in [1.165, 1.54) is 37.3 Å². The highest BCUT2D eigenvalue weighted by Crippen LogP contribution is 2.42. The number of fused-ring (bicyclic) bond motifs is 9. The third-order valence-corrected chi connectivity index (χ3v) is 8.93. The Labute approximate surface area is 227 Å². The van der Waals surface area contributed by atoms with Gasteiger partial charge >= 0.3 is 0 Å². The monoisotopic (exact) mass is 516 g/mol. The molecule has 0 N–H and O–H groups in total. The summed E-state index contributed by atoms with van der Waals surface area (Å²) < 4.78 is 9.69. The van der Waals surface area contributed by atoms with Gasteiger partial charge in [0.1, 0.15) is 16.2 Å². The first-order valence-electron chi connectivity index (χ1n) is 13.1. The molecule has 0 aliphatic carbocycles. The average molecular weight is 517 g/mol. The Morgan fingerprint density at radius 1 is 0.590 bits per heavy atom. The highest BCUT2D eigenvalue weighted by atomic mass is 32.1. The van der Waals surface area contributed by atoms with Crippen molar-refractivity contribution in [3.63, 3.8) is 0 Å². The molecule has 0 spiro atoms. The summed E-state index contributed by atoms with van der Waals surface area (Å²) >= 11 is 1.74. The summed E-state index contributed by atoms with van der Waals surface area (Å²) in [6, 6.07) is 43.0. The van der Waals surface area contributed by atoms with E-state index in [0.29, 0.717) is 0 Å². The predicted octanol–water partition coefficient (Wildman–Crippen LogP) is 10.1. The molecule has 39 heavy (non-hydrogen) atoms. The molecule has 0 radical (unpaired) electrons. The fourth-order valence-corrected chi connectivity index (χ4v) is 7.12. The lowest BCUT2D eigenvalue weighted by Gasteiger charge is -2.08. The van der Waals surface area contributed by atoms with Crippen LogP contribution in [-0.4, -0.2) is 9.55 Å². The van der Waals surface area contributed by atoms with E-state index in [4.69, 9.17) is 9.40 Å². The summed E-state index contributed by atoms with van der Waals surface area (Å²) in [6.45, 7) is 0. The van der Waals surface area contributed by atoms with Crippen LogP contribution >= 0.6 is 11.3 Å². The van der Waals surface area contributed by atoms with Gasteiger partial charge < -0.3 is 8.98 Å². The molecule has 0 saturated heterocycles. The molecule has 6 aromatic carbocycles. The van der Waals surface area contributed by atoms with Crippen LogP contribution in [0.15, 0.2) is 126 Å². The van der Waals surface area contributed by atoms with Crippen LogP contribution in [0, 0.1) is 0 Å². The molecule has 3 heterocycles. The Bertz CT molecular complexity index is 2390. The van der Waals surface area contributed by atoms with Crippen molar-refractivity contribution < 1.29 is 4.42 Å². The minimum absolute atomic E-state index is 0.908. The van der Waals surface area contributed by atoms with Crippen molar-refractivity contribution in [1.29, 1.82) is 0 Å². The van der Waals surface area contributed by atoms with Crippen molar-refractivity contribution in [2.75, 3.05) is 0 Å². The number of para-hydroxylation sites is 2. The van der Waals surface area contributed by atoms with Gasteiger partial charge in [0.2, 0.25) is 0 Å². The Balaban J connectivity index is 1.34. The SMILES string of the molecule is c1ccc(-n2c3cc(-c4nc5ccc6oc7ccccc7c6c5s4)ccc3c3cc4ccccc4cc32)cc1. The molecule has 0 atom stereocenters. The van der Waals surface area contributed by atoms with Crippen molar-refractivity contribution >= 4 is 76.1 Å². The third-order valence-electron chi connectivity index (χ3n) is 7.79. The van der Waals surface area contributed by atoms with Crippen LogP contribution in [0.2, 0.25) is 0 Å². The second kappa shape index (κ2) is 7.79. The van der Waals surface area contributed by atoms with Gasteiger partial charge in [-0.25, -0.2) is 4.98 Å². The number of nitrogens with zero attached hydrogens (tertiary/aromatic N) is 2. The molecule has 0 amide bonds. The maximum atomic E-state index is 6.14. The van der Waals surface area contributed by atoms with E-state index in [-0.39, 0.29) is 0 Å². The van der Waals surface area contributed by atoms with E-state index in [1.54, 1.807) is 11.3 Å². The molecule has 9 aromatic rings. The molecule has 3 nitrogen and oxygen atoms in total. The zero-order chi connectivity index (χ0) is 25.5. The van der Waals surface area contributed by atoms with Crippen LogP contribution in [0.4, 0.5) is 0 Å². The van der Waals surface area contributed by atoms with E-state index >= 15 is 0 Å². The Hall–Kier alpha value is -4.93. The first-order valence-corrected chi connectivity index (χ1v) is 13.9. The minimum atomic E-state index is 0.908. The summed E-state index contributed by atoms with van der Waals surface area (Å²) in [5.41, 5.74) is 7.49. The van der Waals surface area contributed by atoms with Gasteiger partial charge in [-0.05, 0) is 59.3 Å². The number of rotatable bonds is 2. The minimum Gasteiger partial charge on any atom is -0.456 e. The van der Waals surface area contributed by atoms with E-state index in [2.05, 4.69) is 108 Å². The van der Waals surface area contributed by atoms with E-state index in [1.807, 2.05) is 18.2 Å². The molecule has 0 unspecified atom stereocenters. The zero-order valence-electron chi connectivity index (χ0n) is 20.8. The van der Waals surface area contributed by atoms with Gasteiger partial charge in [0.25, 0.3) is 0 Å². The van der Waals surface area contributed by atoms with Crippen LogP contribution in [0.1, 0.15) is 0 Å². The van der Waals surface area contributed by atoms with Crippen molar-refractivity contribution in [1.82, 2.24) is 9.55 Å². The normalized spacial score (nSPS) is 12.1. The third kappa shape index (κ3) is 3.01. The topological polar surface area (TPSA) is 31.0 Å². The predicted molar refractivity (Wildman–Crippen MR) is 164 cm³/mol. The van der Waals surface area contributed by atoms with Gasteiger partial charge in [0.15, 0.2) is 0 Å². The van der Waals surface area contributed by atoms with Gasteiger partial charge in [-0.2, -0.15) is 0 Å². The van der Waals surface area contributed by atoms with Gasteiger partial charge in [-0.15, -0.1) is 11.3 Å². The number of benzene rings is 6. The Kier molecular flexibility index (Phi) is 4.21. The molecule has 182 valence electrons. The standard InChI is InChI=1S/C35H20N2OS/c1-2-10-24(11-3-1)37-29-20-23(14-15-25(29)27-18-21-8-4-5-9-22(21)19-30(27)37)35-36-28-16-17-32-33(34(28)39-35)26-12-6-7-13-31(26)38-32/h1-20H. The van der Waals surface area contributed by atoms with Crippen molar-refractivity contribution in [3.8, 4) is 16.3 Å². The lowest BCUT2D eigenvalue weighted by Crippen LogP contribution is -1.93. The van der Waals surface area contributed by atoms with E-state index in [0.717, 1.165) is 43.7 Å². The summed E-state index contributed by atoms with van der Waals surface area (Å²) in [5.74, 6) is 0. The fourth-order valence-electron chi connectivity index (χ4n) is 6.01. The van der Waals surface area contributed by atoms with Gasteiger partial charge in [-0.3, -0.25) is 0 Å². The lowest BCUT2D eigenvalue weighted by molar-refractivity contribution is 0.669. The molecule has 0 fully saturated rings. The highest BCUT2D eigenvalue weighted by Gasteiger charge is 2.18. The molecular weight excluding hydrogens is 496 g/mol. The number of aromatic nitrogens is 2. The first kappa shape index (κ1) is 21.1. The molecule has 3 aromatic heterocycles. The Morgan fingerprint density at radius 2 is 1.36 bits per heavy atom. The zero-order valence-corrected chi connectivity index (χ0v) is 21.6. The van der Waals surface area contributed by atoms with Crippen LogP contribution in [0.5, 0.6) is 0 Å². The van der Waals surface area contributed by atoms with Crippen molar-refractivity contribution in [3.05, 3.63) is 121 Å². The number of thiazole rings is 1. The molecule has 4 heteroatoms. The number of hydrogen-bond donors (Lipinski definition) is 0. The molecule has 0 aliphatic rings. The summed E-state index contributed by atoms with van der Waals surface area (Å²) in [4.78, 5) is 5.09. The van der Waals surface area contributed by atoms with Crippen molar-refractivity contribution in [2.45, 2.75) is 0 Å². The second-order valence-electron chi connectivity index (χ2n) is 10.0. The molecule has 0 aliphatic heterocycles. The van der Waals surface area contributed by atoms with Crippen molar-refractivity contribution in [2.24, 2.45) is 0 Å². The highest BCUT2D eigenvalue weighted by molar-refractivity contribution is 7.22. The van der Waals surface area contributed by atoms with Crippen LogP contribution < -0.4 is 0 Å². The van der Waals surface area contributed by atoms with E-state index < -0.39 is 0 Å². The summed E-state index contributed by atoms with van der Waals surface area (Å²) in [6.07, 6.45) is 0. The van der Waals surface area contributed by atoms with Gasteiger partial charge in [-0.1, -0.05) is 72.8 Å². The maximum absolute atomic E-state index is 6.14. The molecule has 0 saturated carbocycles. The second-order valence-corrected chi connectivity index (χ2v) is 11.0. The molecule has 9 rings (SSSR count). The van der Waals surface area contributed by atoms with E-state index in [9.17, 15) is 0 Å². The fraction of sp³-hybridized carbons (Fsp3) is 0.